The number of halogens is 2. The van der Waals surface area contributed by atoms with Crippen LogP contribution in [0.25, 0.3) is 11.0 Å². The van der Waals surface area contributed by atoms with Gasteiger partial charge in [-0.15, -0.1) is 12.4 Å². The van der Waals surface area contributed by atoms with Gasteiger partial charge in [0.1, 0.15) is 5.76 Å². The molecule has 5 heteroatoms. The van der Waals surface area contributed by atoms with Gasteiger partial charge in [-0.3, -0.25) is 4.79 Å². The van der Waals surface area contributed by atoms with Gasteiger partial charge in [-0.2, -0.15) is 0 Å². The molecule has 1 aromatic carbocycles. The summed E-state index contributed by atoms with van der Waals surface area (Å²) in [5.41, 5.74) is 5.91. The highest BCUT2D eigenvalue weighted by molar-refractivity contribution is 9.10. The van der Waals surface area contributed by atoms with E-state index in [0.29, 0.717) is 16.7 Å². The molecule has 0 aliphatic rings. The molecule has 0 spiro atoms. The van der Waals surface area contributed by atoms with Gasteiger partial charge in [-0.25, -0.2) is 0 Å². The van der Waals surface area contributed by atoms with Crippen molar-refractivity contribution < 1.29 is 4.42 Å². The zero-order valence-electron chi connectivity index (χ0n) is 7.70. The summed E-state index contributed by atoms with van der Waals surface area (Å²) in [4.78, 5) is 11.6. The van der Waals surface area contributed by atoms with Crippen LogP contribution in [0.5, 0.6) is 0 Å². The second-order valence-electron chi connectivity index (χ2n) is 2.90. The fourth-order valence-electron chi connectivity index (χ4n) is 1.29. The Kier molecular flexibility index (Phi) is 3.90. The number of para-hydroxylation sites is 1. The van der Waals surface area contributed by atoms with Crippen molar-refractivity contribution in [2.75, 3.05) is 0 Å². The van der Waals surface area contributed by atoms with Gasteiger partial charge in [-0.1, -0.05) is 6.07 Å². The minimum absolute atomic E-state index is 0. The van der Waals surface area contributed by atoms with Gasteiger partial charge >= 0.3 is 0 Å². The summed E-state index contributed by atoms with van der Waals surface area (Å²) in [7, 11) is 0. The lowest BCUT2D eigenvalue weighted by molar-refractivity contribution is 0.537. The van der Waals surface area contributed by atoms with Crippen molar-refractivity contribution in [3.05, 3.63) is 44.7 Å². The zero-order valence-corrected chi connectivity index (χ0v) is 10.1. The van der Waals surface area contributed by atoms with Crippen molar-refractivity contribution in [3.63, 3.8) is 0 Å². The molecule has 80 valence electrons. The van der Waals surface area contributed by atoms with Crippen LogP contribution in [0.4, 0.5) is 0 Å². The molecule has 0 unspecified atom stereocenters. The smallest absolute Gasteiger partial charge is 0.193 e. The lowest BCUT2D eigenvalue weighted by Gasteiger charge is -2.01. The summed E-state index contributed by atoms with van der Waals surface area (Å²) in [5, 5.41) is 0.566. The molecular weight excluding hydrogens is 281 g/mol. The molecule has 0 atom stereocenters. The first kappa shape index (κ1) is 12.2. The molecule has 0 saturated carbocycles. The van der Waals surface area contributed by atoms with Crippen molar-refractivity contribution in [1.82, 2.24) is 0 Å². The van der Waals surface area contributed by atoms with Crippen LogP contribution in [-0.2, 0) is 6.54 Å². The topological polar surface area (TPSA) is 56.2 Å². The summed E-state index contributed by atoms with van der Waals surface area (Å²) in [6, 6.07) is 6.78. The molecule has 1 aromatic heterocycles. The van der Waals surface area contributed by atoms with Crippen LogP contribution in [0.3, 0.4) is 0 Å². The summed E-state index contributed by atoms with van der Waals surface area (Å²) in [6.07, 6.45) is 0. The second kappa shape index (κ2) is 4.79. The van der Waals surface area contributed by atoms with Gasteiger partial charge in [0.2, 0.25) is 0 Å². The van der Waals surface area contributed by atoms with E-state index < -0.39 is 0 Å². The van der Waals surface area contributed by atoms with Gasteiger partial charge < -0.3 is 10.2 Å². The number of hydrogen-bond donors (Lipinski definition) is 1. The van der Waals surface area contributed by atoms with E-state index in [1.165, 1.54) is 6.07 Å². The molecule has 0 aliphatic carbocycles. The molecule has 0 fully saturated rings. The van der Waals surface area contributed by atoms with Crippen LogP contribution >= 0.6 is 28.3 Å². The monoisotopic (exact) mass is 289 g/mol. The Bertz CT molecular complexity index is 538. The molecule has 0 aliphatic heterocycles. The van der Waals surface area contributed by atoms with Crippen LogP contribution < -0.4 is 11.2 Å². The lowest BCUT2D eigenvalue weighted by Crippen LogP contribution is -2.05. The van der Waals surface area contributed by atoms with Gasteiger partial charge in [0.25, 0.3) is 0 Å². The lowest BCUT2D eigenvalue weighted by atomic mass is 10.2. The highest BCUT2D eigenvalue weighted by atomic mass is 79.9. The van der Waals surface area contributed by atoms with Gasteiger partial charge in [0.15, 0.2) is 11.0 Å². The minimum atomic E-state index is -0.0620. The van der Waals surface area contributed by atoms with Crippen molar-refractivity contribution >= 4 is 39.3 Å². The van der Waals surface area contributed by atoms with Crippen LogP contribution in [0.15, 0.2) is 37.9 Å². The van der Waals surface area contributed by atoms with Crippen molar-refractivity contribution in [3.8, 4) is 0 Å². The molecule has 0 bridgehead atoms. The number of hydrogen-bond acceptors (Lipinski definition) is 3. The van der Waals surface area contributed by atoms with Crippen LogP contribution in [-0.4, -0.2) is 0 Å². The van der Waals surface area contributed by atoms with Gasteiger partial charge in [0, 0.05) is 6.07 Å². The van der Waals surface area contributed by atoms with Gasteiger partial charge in [0.05, 0.1) is 16.4 Å². The van der Waals surface area contributed by atoms with Crippen molar-refractivity contribution in [2.24, 2.45) is 5.73 Å². The molecule has 0 saturated heterocycles. The van der Waals surface area contributed by atoms with E-state index >= 15 is 0 Å². The van der Waals surface area contributed by atoms with Crippen LogP contribution in [0.1, 0.15) is 5.76 Å². The number of rotatable bonds is 1. The Morgan fingerprint density at radius 1 is 1.40 bits per heavy atom. The second-order valence-corrected chi connectivity index (χ2v) is 3.75. The summed E-state index contributed by atoms with van der Waals surface area (Å²) < 4.78 is 6.22. The minimum Gasteiger partial charge on any atom is -0.458 e. The standard InChI is InChI=1S/C10H8BrNO2.ClH/c11-8-3-1-2-7-9(13)4-6(5-12)14-10(7)8;/h1-4H,5,12H2;1H. The quantitative estimate of drug-likeness (QED) is 0.877. The van der Waals surface area contributed by atoms with E-state index in [1.807, 2.05) is 6.07 Å². The number of fused-ring (bicyclic) bond motifs is 1. The van der Waals surface area contributed by atoms with Crippen LogP contribution in [0.2, 0.25) is 0 Å². The average molecular weight is 291 g/mol. The maximum absolute atomic E-state index is 11.6. The molecule has 1 heterocycles. The molecule has 2 N–H and O–H groups in total. The SMILES string of the molecule is Cl.NCc1cc(=O)c2cccc(Br)c2o1. The number of benzene rings is 1. The van der Waals surface area contributed by atoms with Crippen molar-refractivity contribution in [2.45, 2.75) is 6.54 Å². The third-order valence-corrected chi connectivity index (χ3v) is 2.58. The Balaban J connectivity index is 0.00000112. The van der Waals surface area contributed by atoms with Gasteiger partial charge in [-0.05, 0) is 28.1 Å². The van der Waals surface area contributed by atoms with E-state index in [9.17, 15) is 4.79 Å². The Labute approximate surface area is 101 Å². The molecule has 2 aromatic rings. The zero-order chi connectivity index (χ0) is 10.1. The molecular formula is C10H9BrClNO2. The first-order valence-electron chi connectivity index (χ1n) is 4.13. The Hall–Kier alpha value is -0.840. The average Bonchev–Trinajstić information content (AvgIpc) is 2.19. The molecule has 2 rings (SSSR count). The van der Waals surface area contributed by atoms with E-state index in [2.05, 4.69) is 15.9 Å². The maximum atomic E-state index is 11.6. The fraction of sp³-hybridized carbons (Fsp3) is 0.100. The molecule has 0 amide bonds. The highest BCUT2D eigenvalue weighted by Crippen LogP contribution is 2.22. The van der Waals surface area contributed by atoms with Crippen LogP contribution in [0, 0.1) is 0 Å². The summed E-state index contributed by atoms with van der Waals surface area (Å²) >= 11 is 3.32. The third-order valence-electron chi connectivity index (χ3n) is 1.96. The van der Waals surface area contributed by atoms with E-state index in [4.69, 9.17) is 10.2 Å². The third kappa shape index (κ3) is 2.22. The summed E-state index contributed by atoms with van der Waals surface area (Å²) in [5.74, 6) is 0.495. The predicted octanol–water partition coefficient (Wildman–Crippen LogP) is 2.44. The van der Waals surface area contributed by atoms with E-state index in [-0.39, 0.29) is 24.4 Å². The normalized spacial score (nSPS) is 10.0. The maximum Gasteiger partial charge on any atom is 0.193 e. The first-order chi connectivity index (χ1) is 6.72. The van der Waals surface area contributed by atoms with E-state index in [1.54, 1.807) is 12.1 Å². The Morgan fingerprint density at radius 2 is 2.13 bits per heavy atom. The highest BCUT2D eigenvalue weighted by Gasteiger charge is 2.05. The predicted molar refractivity (Wildman–Crippen MR) is 65.3 cm³/mol. The molecule has 3 nitrogen and oxygen atoms in total. The molecule has 15 heavy (non-hydrogen) atoms. The first-order valence-corrected chi connectivity index (χ1v) is 4.93. The molecule has 0 radical (unpaired) electrons. The van der Waals surface area contributed by atoms with E-state index in [0.717, 1.165) is 4.47 Å². The largest absolute Gasteiger partial charge is 0.458 e. The summed E-state index contributed by atoms with van der Waals surface area (Å²) in [6.45, 7) is 0.229. The number of nitrogens with two attached hydrogens (primary N) is 1. The van der Waals surface area contributed by atoms with Crippen molar-refractivity contribution in [1.29, 1.82) is 0 Å². The Morgan fingerprint density at radius 3 is 2.80 bits per heavy atom. The fourth-order valence-corrected chi connectivity index (χ4v) is 1.74.